The Morgan fingerprint density at radius 3 is 2.94 bits per heavy atom. The van der Waals surface area contributed by atoms with Gasteiger partial charge in [0.1, 0.15) is 11.9 Å². The second kappa shape index (κ2) is 10.3. The number of imidazole rings is 1. The van der Waals surface area contributed by atoms with Crippen molar-refractivity contribution < 1.29 is 4.74 Å². The van der Waals surface area contributed by atoms with Crippen molar-refractivity contribution in [2.75, 3.05) is 32.8 Å². The summed E-state index contributed by atoms with van der Waals surface area (Å²) in [6.45, 7) is 6.70. The van der Waals surface area contributed by atoms with Crippen molar-refractivity contribution in [1.82, 2.24) is 29.5 Å². The molecule has 1 unspecified atom stereocenters. The molecule has 164 valence electrons. The monoisotopic (exact) mass is 421 g/mol. The van der Waals surface area contributed by atoms with Gasteiger partial charge in [0.2, 0.25) is 0 Å². The Morgan fingerprint density at radius 2 is 2.16 bits per heavy atom. The average Bonchev–Trinajstić information content (AvgIpc) is 3.43. The summed E-state index contributed by atoms with van der Waals surface area (Å²) in [5.74, 6) is 1.99. The topological polar surface area (TPSA) is 72.5 Å². The molecule has 1 saturated heterocycles. The molecule has 3 heterocycles. The first-order valence-electron chi connectivity index (χ1n) is 10.9. The molecule has 1 N–H and O–H groups in total. The van der Waals surface area contributed by atoms with Crippen LogP contribution >= 0.6 is 0 Å². The lowest BCUT2D eigenvalue weighted by Gasteiger charge is -2.34. The molecular weight excluding hydrogens is 390 g/mol. The highest BCUT2D eigenvalue weighted by Crippen LogP contribution is 2.21. The van der Waals surface area contributed by atoms with E-state index in [1.807, 2.05) is 42.6 Å². The molecule has 1 aromatic carbocycles. The maximum Gasteiger partial charge on any atom is 0.194 e. The number of guanidine groups is 1. The summed E-state index contributed by atoms with van der Waals surface area (Å²) < 4.78 is 9.99. The summed E-state index contributed by atoms with van der Waals surface area (Å²) >= 11 is 0. The zero-order valence-corrected chi connectivity index (χ0v) is 18.3. The van der Waals surface area contributed by atoms with Crippen LogP contribution in [0.15, 0.2) is 60.1 Å². The van der Waals surface area contributed by atoms with E-state index in [-0.39, 0.29) is 6.10 Å². The minimum absolute atomic E-state index is 0.0103. The molecule has 0 saturated carbocycles. The van der Waals surface area contributed by atoms with Gasteiger partial charge in [0.05, 0.1) is 19.3 Å². The number of morpholine rings is 1. The van der Waals surface area contributed by atoms with Crippen molar-refractivity contribution >= 4 is 5.96 Å². The largest absolute Gasteiger partial charge is 0.370 e. The molecule has 31 heavy (non-hydrogen) atoms. The van der Waals surface area contributed by atoms with Crippen LogP contribution in [0.5, 0.6) is 0 Å². The lowest BCUT2D eigenvalue weighted by Crippen LogP contribution is -2.48. The molecule has 0 spiro atoms. The molecule has 0 aliphatic carbocycles. The fourth-order valence-corrected chi connectivity index (χ4v) is 3.83. The minimum atomic E-state index is 0.0103. The van der Waals surface area contributed by atoms with Crippen LogP contribution < -0.4 is 5.32 Å². The third kappa shape index (κ3) is 5.52. The van der Waals surface area contributed by atoms with Gasteiger partial charge in [0, 0.05) is 63.8 Å². The summed E-state index contributed by atoms with van der Waals surface area (Å²) in [4.78, 5) is 11.7. The van der Waals surface area contributed by atoms with Gasteiger partial charge in [0.25, 0.3) is 0 Å². The van der Waals surface area contributed by atoms with Crippen LogP contribution in [-0.4, -0.2) is 63.0 Å². The van der Waals surface area contributed by atoms with E-state index in [0.717, 1.165) is 49.9 Å². The smallest absolute Gasteiger partial charge is 0.194 e. The standard InChI is InChI=1S/C23H31N7O/c1-3-24-23(30-13-14-31-21(18-30)20-15-27-28(2)17-20)26-10-9-22-25-11-12-29(22)16-19-7-5-4-6-8-19/h4-8,11-12,15,17,21H,3,9-10,13-14,16,18H2,1-2H3,(H,24,26). The number of nitrogens with zero attached hydrogens (tertiary/aromatic N) is 6. The Labute approximate surface area is 183 Å². The average molecular weight is 422 g/mol. The molecule has 1 aliphatic heterocycles. The second-order valence-corrected chi connectivity index (χ2v) is 7.70. The molecule has 3 aromatic rings. The van der Waals surface area contributed by atoms with Crippen LogP contribution in [0.3, 0.4) is 0 Å². The Hall–Kier alpha value is -3.13. The van der Waals surface area contributed by atoms with Gasteiger partial charge >= 0.3 is 0 Å². The maximum atomic E-state index is 5.98. The van der Waals surface area contributed by atoms with E-state index in [4.69, 9.17) is 9.73 Å². The van der Waals surface area contributed by atoms with E-state index < -0.39 is 0 Å². The maximum absolute atomic E-state index is 5.98. The second-order valence-electron chi connectivity index (χ2n) is 7.70. The number of rotatable bonds is 7. The molecule has 8 nitrogen and oxygen atoms in total. The molecule has 8 heteroatoms. The number of aliphatic imine (C=N–C) groups is 1. The molecule has 1 atom stereocenters. The first-order chi connectivity index (χ1) is 15.2. The van der Waals surface area contributed by atoms with Crippen LogP contribution in [0, 0.1) is 0 Å². The highest BCUT2D eigenvalue weighted by molar-refractivity contribution is 5.80. The number of aryl methyl sites for hydroxylation is 1. The first kappa shape index (κ1) is 21.1. The van der Waals surface area contributed by atoms with Crippen molar-refractivity contribution in [3.05, 3.63) is 72.1 Å². The van der Waals surface area contributed by atoms with Crippen LogP contribution in [0.1, 0.15) is 30.0 Å². The lowest BCUT2D eigenvalue weighted by atomic mass is 10.1. The number of ether oxygens (including phenoxy) is 1. The molecule has 0 radical (unpaired) electrons. The van der Waals surface area contributed by atoms with Crippen LogP contribution in [0.25, 0.3) is 0 Å². The van der Waals surface area contributed by atoms with Crippen molar-refractivity contribution in [2.24, 2.45) is 12.0 Å². The summed E-state index contributed by atoms with van der Waals surface area (Å²) in [7, 11) is 1.93. The number of hydrogen-bond acceptors (Lipinski definition) is 4. The van der Waals surface area contributed by atoms with Crippen molar-refractivity contribution in [3.63, 3.8) is 0 Å². The Balaban J connectivity index is 1.39. The summed E-state index contributed by atoms with van der Waals surface area (Å²) in [5, 5.41) is 7.71. The van der Waals surface area contributed by atoms with Gasteiger partial charge in [-0.15, -0.1) is 0 Å². The fourth-order valence-electron chi connectivity index (χ4n) is 3.83. The lowest BCUT2D eigenvalue weighted by molar-refractivity contribution is -0.00803. The molecule has 0 bridgehead atoms. The van der Waals surface area contributed by atoms with Gasteiger partial charge in [-0.1, -0.05) is 30.3 Å². The molecule has 2 aromatic heterocycles. The highest BCUT2D eigenvalue weighted by Gasteiger charge is 2.25. The van der Waals surface area contributed by atoms with Gasteiger partial charge in [-0.05, 0) is 12.5 Å². The van der Waals surface area contributed by atoms with Gasteiger partial charge in [-0.2, -0.15) is 5.10 Å². The highest BCUT2D eigenvalue weighted by atomic mass is 16.5. The first-order valence-corrected chi connectivity index (χ1v) is 10.9. The predicted molar refractivity (Wildman–Crippen MR) is 121 cm³/mol. The quantitative estimate of drug-likeness (QED) is 0.468. The Morgan fingerprint density at radius 1 is 1.29 bits per heavy atom. The summed E-state index contributed by atoms with van der Waals surface area (Å²) in [5.41, 5.74) is 2.37. The fraction of sp³-hybridized carbons (Fsp3) is 0.435. The van der Waals surface area contributed by atoms with E-state index in [1.165, 1.54) is 5.56 Å². The third-order valence-corrected chi connectivity index (χ3v) is 5.39. The van der Waals surface area contributed by atoms with Gasteiger partial charge in [0.15, 0.2) is 5.96 Å². The van der Waals surface area contributed by atoms with Gasteiger partial charge in [-0.3, -0.25) is 9.67 Å². The van der Waals surface area contributed by atoms with Crippen LogP contribution in [-0.2, 0) is 24.8 Å². The van der Waals surface area contributed by atoms with Crippen molar-refractivity contribution in [1.29, 1.82) is 0 Å². The van der Waals surface area contributed by atoms with Crippen LogP contribution in [0.4, 0.5) is 0 Å². The number of benzene rings is 1. The van der Waals surface area contributed by atoms with Crippen molar-refractivity contribution in [3.8, 4) is 0 Å². The zero-order chi connectivity index (χ0) is 21.5. The molecule has 1 aliphatic rings. The van der Waals surface area contributed by atoms with Crippen LogP contribution in [0.2, 0.25) is 0 Å². The minimum Gasteiger partial charge on any atom is -0.370 e. The molecule has 0 amide bonds. The Kier molecular flexibility index (Phi) is 6.99. The summed E-state index contributed by atoms with van der Waals surface area (Å²) in [6, 6.07) is 10.5. The van der Waals surface area contributed by atoms with E-state index >= 15 is 0 Å². The summed E-state index contributed by atoms with van der Waals surface area (Å²) in [6.07, 6.45) is 8.61. The molecule has 4 rings (SSSR count). The number of aromatic nitrogens is 4. The molecular formula is C23H31N7O. The Bertz CT molecular complexity index is 979. The predicted octanol–water partition coefficient (Wildman–Crippen LogP) is 2.25. The normalized spacial score (nSPS) is 17.2. The molecule has 1 fully saturated rings. The van der Waals surface area contributed by atoms with Gasteiger partial charge < -0.3 is 19.5 Å². The van der Waals surface area contributed by atoms with E-state index in [1.54, 1.807) is 0 Å². The SMILES string of the molecule is CCNC(=NCCc1nccn1Cc1ccccc1)N1CCOC(c2cnn(C)c2)C1. The van der Waals surface area contributed by atoms with E-state index in [9.17, 15) is 0 Å². The van der Waals surface area contributed by atoms with E-state index in [2.05, 4.69) is 56.1 Å². The zero-order valence-electron chi connectivity index (χ0n) is 18.3. The van der Waals surface area contributed by atoms with Crippen molar-refractivity contribution in [2.45, 2.75) is 26.0 Å². The number of hydrogen-bond donors (Lipinski definition) is 1. The third-order valence-electron chi connectivity index (χ3n) is 5.39. The van der Waals surface area contributed by atoms with E-state index in [0.29, 0.717) is 13.2 Å². The van der Waals surface area contributed by atoms with Gasteiger partial charge in [-0.25, -0.2) is 4.98 Å². The number of nitrogens with one attached hydrogen (secondary N) is 1.